The topological polar surface area (TPSA) is 73.1 Å². The van der Waals surface area contributed by atoms with Gasteiger partial charge in [-0.05, 0) is 47.6 Å². The molecule has 2 heterocycles. The summed E-state index contributed by atoms with van der Waals surface area (Å²) in [5.41, 5.74) is 1.15. The number of ether oxygens (including phenoxy) is 1. The molecule has 7 nitrogen and oxygen atoms in total. The van der Waals surface area contributed by atoms with E-state index in [1.807, 2.05) is 23.1 Å². The van der Waals surface area contributed by atoms with Gasteiger partial charge in [0.1, 0.15) is 12.4 Å². The number of rotatable bonds is 4. The van der Waals surface area contributed by atoms with Crippen molar-refractivity contribution in [2.45, 2.75) is 38.3 Å². The number of amides is 1. The SMILES string of the molecule is O=C(C1CCC(Cn2cnnn2)CC1)N1CCO[C@@H](c2ccccc2)C1. The minimum atomic E-state index is -0.00921. The largest absolute Gasteiger partial charge is 0.370 e. The Bertz CT molecular complexity index is 698. The Balaban J connectivity index is 1.30. The molecule has 1 saturated carbocycles. The normalized spacial score (nSPS) is 26.6. The maximum Gasteiger partial charge on any atom is 0.225 e. The van der Waals surface area contributed by atoms with Gasteiger partial charge in [-0.25, -0.2) is 4.68 Å². The van der Waals surface area contributed by atoms with Gasteiger partial charge in [-0.2, -0.15) is 0 Å². The summed E-state index contributed by atoms with van der Waals surface area (Å²) >= 11 is 0. The van der Waals surface area contributed by atoms with Crippen LogP contribution in [0.3, 0.4) is 0 Å². The smallest absolute Gasteiger partial charge is 0.225 e. The first-order chi connectivity index (χ1) is 12.8. The standard InChI is InChI=1S/C19H25N5O2/c25-19(17-8-6-15(7-9-17)12-24-14-20-21-22-24)23-10-11-26-18(13-23)16-4-2-1-3-5-16/h1-5,14-15,17-18H,6-13H2/t15?,17?,18-/m1/s1. The highest BCUT2D eigenvalue weighted by Gasteiger charge is 2.32. The first kappa shape index (κ1) is 17.1. The second-order valence-electron chi connectivity index (χ2n) is 7.30. The van der Waals surface area contributed by atoms with E-state index in [1.54, 1.807) is 11.0 Å². The molecule has 2 aliphatic rings. The van der Waals surface area contributed by atoms with Gasteiger partial charge in [0.05, 0.1) is 13.2 Å². The Labute approximate surface area is 153 Å². The van der Waals surface area contributed by atoms with Gasteiger partial charge < -0.3 is 9.64 Å². The summed E-state index contributed by atoms with van der Waals surface area (Å²) < 4.78 is 7.68. The molecule has 1 aromatic heterocycles. The van der Waals surface area contributed by atoms with Crippen molar-refractivity contribution >= 4 is 5.91 Å². The van der Waals surface area contributed by atoms with Crippen LogP contribution in [0.4, 0.5) is 0 Å². The summed E-state index contributed by atoms with van der Waals surface area (Å²) in [4.78, 5) is 15.0. The second-order valence-corrected chi connectivity index (χ2v) is 7.30. The lowest BCUT2D eigenvalue weighted by Crippen LogP contribution is -2.45. The third kappa shape index (κ3) is 3.93. The number of aromatic nitrogens is 4. The van der Waals surface area contributed by atoms with Gasteiger partial charge in [0.2, 0.25) is 5.91 Å². The van der Waals surface area contributed by atoms with E-state index in [1.165, 1.54) is 0 Å². The van der Waals surface area contributed by atoms with E-state index >= 15 is 0 Å². The lowest BCUT2D eigenvalue weighted by Gasteiger charge is -2.37. The van der Waals surface area contributed by atoms with E-state index in [4.69, 9.17) is 4.74 Å². The quantitative estimate of drug-likeness (QED) is 0.839. The zero-order valence-corrected chi connectivity index (χ0v) is 14.9. The number of hydrogen-bond acceptors (Lipinski definition) is 5. The molecular formula is C19H25N5O2. The average molecular weight is 355 g/mol. The number of benzene rings is 1. The first-order valence-electron chi connectivity index (χ1n) is 9.45. The Hall–Kier alpha value is -2.28. The van der Waals surface area contributed by atoms with Crippen molar-refractivity contribution in [2.24, 2.45) is 11.8 Å². The molecule has 4 rings (SSSR count). The summed E-state index contributed by atoms with van der Waals surface area (Å²) in [6.45, 7) is 2.82. The number of nitrogens with zero attached hydrogens (tertiary/aromatic N) is 5. The van der Waals surface area contributed by atoms with Crippen molar-refractivity contribution in [1.82, 2.24) is 25.1 Å². The lowest BCUT2D eigenvalue weighted by molar-refractivity contribution is -0.144. The van der Waals surface area contributed by atoms with Crippen molar-refractivity contribution in [3.05, 3.63) is 42.2 Å². The van der Waals surface area contributed by atoms with Crippen LogP contribution in [0.2, 0.25) is 0 Å². The molecule has 0 N–H and O–H groups in total. The zero-order valence-electron chi connectivity index (χ0n) is 14.9. The number of morpholine rings is 1. The predicted molar refractivity (Wildman–Crippen MR) is 95.0 cm³/mol. The summed E-state index contributed by atoms with van der Waals surface area (Å²) in [6.07, 6.45) is 5.68. The van der Waals surface area contributed by atoms with Crippen LogP contribution in [0.25, 0.3) is 0 Å². The number of carbonyl (C=O) groups excluding carboxylic acids is 1. The minimum Gasteiger partial charge on any atom is -0.370 e. The molecule has 0 spiro atoms. The Morgan fingerprint density at radius 3 is 2.69 bits per heavy atom. The van der Waals surface area contributed by atoms with Crippen LogP contribution >= 0.6 is 0 Å². The van der Waals surface area contributed by atoms with Crippen LogP contribution in [0, 0.1) is 11.8 Å². The minimum absolute atomic E-state index is 0.00921. The Morgan fingerprint density at radius 1 is 1.15 bits per heavy atom. The van der Waals surface area contributed by atoms with Crippen molar-refractivity contribution in [2.75, 3.05) is 19.7 Å². The van der Waals surface area contributed by atoms with Gasteiger partial charge in [0, 0.05) is 19.0 Å². The molecule has 1 amide bonds. The highest BCUT2D eigenvalue weighted by atomic mass is 16.5. The third-order valence-corrected chi connectivity index (χ3v) is 5.58. The lowest BCUT2D eigenvalue weighted by atomic mass is 9.81. The summed E-state index contributed by atoms with van der Waals surface area (Å²) in [5, 5.41) is 11.3. The first-order valence-corrected chi connectivity index (χ1v) is 9.45. The molecule has 26 heavy (non-hydrogen) atoms. The van der Waals surface area contributed by atoms with E-state index in [9.17, 15) is 4.79 Å². The third-order valence-electron chi connectivity index (χ3n) is 5.58. The maximum atomic E-state index is 13.0. The van der Waals surface area contributed by atoms with Crippen LogP contribution in [-0.4, -0.2) is 50.7 Å². The van der Waals surface area contributed by atoms with E-state index in [2.05, 4.69) is 27.7 Å². The molecule has 1 aromatic carbocycles. The van der Waals surface area contributed by atoms with Crippen LogP contribution in [0.1, 0.15) is 37.4 Å². The molecule has 0 unspecified atom stereocenters. The molecule has 1 aliphatic carbocycles. The molecule has 2 fully saturated rings. The molecule has 0 radical (unpaired) electrons. The van der Waals surface area contributed by atoms with Crippen LogP contribution in [0.15, 0.2) is 36.7 Å². The van der Waals surface area contributed by atoms with E-state index < -0.39 is 0 Å². The highest BCUT2D eigenvalue weighted by Crippen LogP contribution is 2.32. The summed E-state index contributed by atoms with van der Waals surface area (Å²) in [6, 6.07) is 10.2. The highest BCUT2D eigenvalue weighted by molar-refractivity contribution is 5.79. The summed E-state index contributed by atoms with van der Waals surface area (Å²) in [7, 11) is 0. The molecular weight excluding hydrogens is 330 g/mol. The van der Waals surface area contributed by atoms with Gasteiger partial charge in [0.15, 0.2) is 0 Å². The Kier molecular flexibility index (Phi) is 5.24. The zero-order chi connectivity index (χ0) is 17.8. The van der Waals surface area contributed by atoms with E-state index in [0.717, 1.165) is 37.8 Å². The van der Waals surface area contributed by atoms with Gasteiger partial charge in [-0.1, -0.05) is 30.3 Å². The van der Waals surface area contributed by atoms with Gasteiger partial charge in [0.25, 0.3) is 0 Å². The van der Waals surface area contributed by atoms with Crippen molar-refractivity contribution in [3.63, 3.8) is 0 Å². The van der Waals surface area contributed by atoms with Crippen LogP contribution in [0.5, 0.6) is 0 Å². The fourth-order valence-corrected chi connectivity index (χ4v) is 4.10. The van der Waals surface area contributed by atoms with Gasteiger partial charge >= 0.3 is 0 Å². The average Bonchev–Trinajstić information content (AvgIpc) is 3.22. The van der Waals surface area contributed by atoms with Crippen molar-refractivity contribution in [1.29, 1.82) is 0 Å². The number of carbonyl (C=O) groups is 1. The summed E-state index contributed by atoms with van der Waals surface area (Å²) in [5.74, 6) is 1.01. The van der Waals surface area contributed by atoms with Gasteiger partial charge in [-0.3, -0.25) is 4.79 Å². The van der Waals surface area contributed by atoms with Crippen LogP contribution < -0.4 is 0 Å². The van der Waals surface area contributed by atoms with Crippen LogP contribution in [-0.2, 0) is 16.1 Å². The molecule has 0 bridgehead atoms. The molecule has 1 saturated heterocycles. The monoisotopic (exact) mass is 355 g/mol. The fraction of sp³-hybridized carbons (Fsp3) is 0.579. The second kappa shape index (κ2) is 7.95. The predicted octanol–water partition coefficient (Wildman–Crippen LogP) is 2.08. The molecule has 7 heteroatoms. The molecule has 1 aliphatic heterocycles. The van der Waals surface area contributed by atoms with Crippen molar-refractivity contribution in [3.8, 4) is 0 Å². The molecule has 1 atom stereocenters. The fourth-order valence-electron chi connectivity index (χ4n) is 4.10. The number of hydrogen-bond donors (Lipinski definition) is 0. The van der Waals surface area contributed by atoms with Crippen molar-refractivity contribution < 1.29 is 9.53 Å². The maximum absolute atomic E-state index is 13.0. The van der Waals surface area contributed by atoms with E-state index in [-0.39, 0.29) is 12.0 Å². The molecule has 2 aromatic rings. The van der Waals surface area contributed by atoms with Gasteiger partial charge in [-0.15, -0.1) is 5.10 Å². The van der Waals surface area contributed by atoms with E-state index in [0.29, 0.717) is 31.5 Å². The Morgan fingerprint density at radius 2 is 1.96 bits per heavy atom. The molecule has 138 valence electrons. The number of tetrazole rings is 1.